The molecule has 5 rings (SSSR count). The van der Waals surface area contributed by atoms with Crippen LogP contribution in [0.3, 0.4) is 0 Å². The van der Waals surface area contributed by atoms with Crippen LogP contribution in [0.1, 0.15) is 56.4 Å². The monoisotopic (exact) mass is 735 g/mol. The quantitative estimate of drug-likeness (QED) is 0.264. The third kappa shape index (κ3) is 8.48. The number of aromatic nitrogens is 5. The lowest BCUT2D eigenvalue weighted by Crippen LogP contribution is -2.50. The van der Waals surface area contributed by atoms with Crippen molar-refractivity contribution in [1.82, 2.24) is 44.2 Å². The normalized spacial score (nSPS) is 19.0. The van der Waals surface area contributed by atoms with Gasteiger partial charge in [-0.15, -0.1) is 0 Å². The zero-order valence-corrected chi connectivity index (χ0v) is 30.8. The Morgan fingerprint density at radius 1 is 0.904 bits per heavy atom. The van der Waals surface area contributed by atoms with Crippen molar-refractivity contribution in [1.29, 1.82) is 0 Å². The number of hydrogen-bond acceptors (Lipinski definition) is 9. The van der Waals surface area contributed by atoms with E-state index < -0.39 is 45.2 Å². The van der Waals surface area contributed by atoms with Crippen molar-refractivity contribution in [2.75, 3.05) is 19.6 Å². The fourth-order valence-corrected chi connectivity index (χ4v) is 7.80. The average molecular weight is 736 g/mol. The van der Waals surface area contributed by atoms with Gasteiger partial charge < -0.3 is 16.0 Å². The lowest BCUT2D eigenvalue weighted by molar-refractivity contribution is -0.129. The maximum atomic E-state index is 14.1. The number of carbonyl (C=O) groups is 3. The summed E-state index contributed by atoms with van der Waals surface area (Å²) in [5.41, 5.74) is -0.0663. The zero-order valence-electron chi connectivity index (χ0n) is 30.0. The van der Waals surface area contributed by atoms with Gasteiger partial charge in [0.2, 0.25) is 27.7 Å². The molecule has 0 saturated carbocycles. The first-order valence-corrected chi connectivity index (χ1v) is 18.6. The number of amides is 3. The molecule has 4 aromatic rings. The molecule has 3 heterocycles. The number of fused-ring (bicyclic) bond motifs is 2. The van der Waals surface area contributed by atoms with Crippen LogP contribution in [-0.2, 0) is 51.5 Å². The van der Waals surface area contributed by atoms with Crippen molar-refractivity contribution in [2.45, 2.75) is 70.0 Å². The van der Waals surface area contributed by atoms with Crippen LogP contribution in [0.25, 0.3) is 10.9 Å². The van der Waals surface area contributed by atoms with Crippen LogP contribution < -0.4 is 27.2 Å². The second kappa shape index (κ2) is 16.0. The molecule has 0 fully saturated rings. The van der Waals surface area contributed by atoms with E-state index in [2.05, 4.69) is 26.0 Å². The van der Waals surface area contributed by atoms with Crippen LogP contribution >= 0.6 is 0 Å². The molecule has 52 heavy (non-hydrogen) atoms. The van der Waals surface area contributed by atoms with Crippen molar-refractivity contribution in [2.24, 2.45) is 20.0 Å². The minimum atomic E-state index is -4.21. The molecule has 17 heteroatoms. The number of hydrogen-bond donors (Lipinski definition) is 3. The van der Waals surface area contributed by atoms with Gasteiger partial charge in [-0.25, -0.2) is 22.9 Å². The molecule has 0 radical (unpaired) electrons. The number of aryl methyl sites for hydroxylation is 2. The summed E-state index contributed by atoms with van der Waals surface area (Å²) in [5.74, 6) is -0.587. The zero-order chi connectivity index (χ0) is 37.7. The summed E-state index contributed by atoms with van der Waals surface area (Å²) in [6.45, 7) is 5.41. The SMILES string of the molecule is Cc1nc2n(n1)CC(=O)NCCCN(S(=O)(=O)c1ccc3c(c1)c(=O)n(C)c(=O)n3C)CCCC(=O)N[C@H](Cc1ccccc1)C(=O)N[C@H]2C(C)C. The Hall–Kier alpha value is -5.16. The van der Waals surface area contributed by atoms with Crippen molar-refractivity contribution in [3.63, 3.8) is 0 Å². The fourth-order valence-electron chi connectivity index (χ4n) is 6.25. The summed E-state index contributed by atoms with van der Waals surface area (Å²) in [6.07, 6.45) is 0.486. The summed E-state index contributed by atoms with van der Waals surface area (Å²) in [6, 6.07) is 11.7. The van der Waals surface area contributed by atoms with Gasteiger partial charge in [-0.1, -0.05) is 44.2 Å². The van der Waals surface area contributed by atoms with E-state index in [-0.39, 0.29) is 79.5 Å². The molecule has 278 valence electrons. The lowest BCUT2D eigenvalue weighted by atomic mass is 10.0. The van der Waals surface area contributed by atoms with Gasteiger partial charge in [0.05, 0.1) is 21.8 Å². The predicted octanol–water partition coefficient (Wildman–Crippen LogP) is 0.669. The second-order valence-corrected chi connectivity index (χ2v) is 15.2. The van der Waals surface area contributed by atoms with Crippen molar-refractivity contribution >= 4 is 38.6 Å². The molecule has 1 aliphatic heterocycles. The molecule has 3 amide bonds. The molecule has 2 aromatic carbocycles. The molecule has 0 aliphatic carbocycles. The van der Waals surface area contributed by atoms with E-state index in [9.17, 15) is 32.4 Å². The molecular weight excluding hydrogens is 691 g/mol. The molecule has 0 saturated heterocycles. The molecule has 2 aromatic heterocycles. The molecule has 3 N–H and O–H groups in total. The van der Waals surface area contributed by atoms with Crippen molar-refractivity contribution in [3.8, 4) is 0 Å². The topological polar surface area (TPSA) is 199 Å². The molecule has 0 spiro atoms. The lowest BCUT2D eigenvalue weighted by Gasteiger charge is -2.26. The highest BCUT2D eigenvalue weighted by atomic mass is 32.2. The van der Waals surface area contributed by atoms with E-state index >= 15 is 0 Å². The first kappa shape index (κ1) is 38.1. The fraction of sp³-hybridized carbons (Fsp3) is 0.457. The third-order valence-electron chi connectivity index (χ3n) is 9.07. The maximum Gasteiger partial charge on any atom is 0.330 e. The van der Waals surface area contributed by atoms with Gasteiger partial charge in [-0.3, -0.25) is 28.3 Å². The molecule has 0 bridgehead atoms. The standard InChI is InChI=1S/C35H45N9O7S/c1-22(2)31-32-37-23(3)40-44(32)21-30(46)36-16-10-18-43(17-9-13-29(45)38-27(33(47)39-31)19-24-11-7-6-8-12-24)52(50,51)25-14-15-28-26(20-25)34(48)42(5)35(49)41(28)4/h6-8,11-12,14-15,20,22,27,31H,9-10,13,16-19,21H2,1-5H3,(H,36,46)(H,38,45)(H,39,47)/t27-,31+/m1/s1. The van der Waals surface area contributed by atoms with E-state index in [4.69, 9.17) is 0 Å². The Morgan fingerprint density at radius 3 is 2.33 bits per heavy atom. The summed E-state index contributed by atoms with van der Waals surface area (Å²) >= 11 is 0. The van der Waals surface area contributed by atoms with E-state index in [1.54, 1.807) is 6.92 Å². The summed E-state index contributed by atoms with van der Waals surface area (Å²) in [4.78, 5) is 70.1. The number of sulfonamides is 1. The third-order valence-corrected chi connectivity index (χ3v) is 11.0. The summed E-state index contributed by atoms with van der Waals surface area (Å²) in [5, 5.41) is 13.2. The van der Waals surface area contributed by atoms with Crippen LogP contribution in [0.5, 0.6) is 0 Å². The van der Waals surface area contributed by atoms with Crippen LogP contribution in [0.2, 0.25) is 0 Å². The Kier molecular flexibility index (Phi) is 11.7. The van der Waals surface area contributed by atoms with Gasteiger partial charge in [0.15, 0.2) is 5.82 Å². The van der Waals surface area contributed by atoms with Crippen LogP contribution in [0, 0.1) is 12.8 Å². The predicted molar refractivity (Wildman–Crippen MR) is 193 cm³/mol. The van der Waals surface area contributed by atoms with Gasteiger partial charge in [0.25, 0.3) is 5.56 Å². The highest BCUT2D eigenvalue weighted by molar-refractivity contribution is 7.89. The van der Waals surface area contributed by atoms with Crippen LogP contribution in [0.4, 0.5) is 0 Å². The Morgan fingerprint density at radius 2 is 1.62 bits per heavy atom. The molecule has 1 aliphatic rings. The van der Waals surface area contributed by atoms with Crippen molar-refractivity contribution < 1.29 is 22.8 Å². The number of nitrogens with one attached hydrogen (secondary N) is 3. The number of nitrogens with zero attached hydrogens (tertiary/aromatic N) is 6. The van der Waals surface area contributed by atoms with E-state index in [0.29, 0.717) is 11.6 Å². The smallest absolute Gasteiger partial charge is 0.330 e. The minimum Gasteiger partial charge on any atom is -0.354 e. The summed E-state index contributed by atoms with van der Waals surface area (Å²) < 4.78 is 33.0. The van der Waals surface area contributed by atoms with Gasteiger partial charge in [-0.2, -0.15) is 9.40 Å². The highest BCUT2D eigenvalue weighted by Crippen LogP contribution is 2.23. The van der Waals surface area contributed by atoms with Gasteiger partial charge in [0.1, 0.15) is 18.4 Å². The molecule has 0 unspecified atom stereocenters. The van der Waals surface area contributed by atoms with Crippen molar-refractivity contribution in [3.05, 3.63) is 86.6 Å². The average Bonchev–Trinajstić information content (AvgIpc) is 3.47. The van der Waals surface area contributed by atoms with Gasteiger partial charge in [-0.05, 0) is 49.4 Å². The minimum absolute atomic E-state index is 0.00427. The van der Waals surface area contributed by atoms with Gasteiger partial charge >= 0.3 is 5.69 Å². The highest BCUT2D eigenvalue weighted by Gasteiger charge is 2.31. The number of carbonyl (C=O) groups excluding carboxylic acids is 3. The first-order chi connectivity index (χ1) is 24.7. The largest absolute Gasteiger partial charge is 0.354 e. The summed E-state index contributed by atoms with van der Waals surface area (Å²) in [7, 11) is -1.40. The first-order valence-electron chi connectivity index (χ1n) is 17.2. The van der Waals surface area contributed by atoms with E-state index in [0.717, 1.165) is 10.1 Å². The van der Waals surface area contributed by atoms with E-state index in [1.807, 2.05) is 44.2 Å². The Labute approximate surface area is 301 Å². The second-order valence-electron chi connectivity index (χ2n) is 13.3. The van der Waals surface area contributed by atoms with Crippen LogP contribution in [0.15, 0.2) is 63.0 Å². The molecule has 16 nitrogen and oxygen atoms in total. The molecule has 2 atom stereocenters. The Balaban J connectivity index is 1.46. The number of rotatable bonds is 5. The van der Waals surface area contributed by atoms with Gasteiger partial charge in [0, 0.05) is 46.6 Å². The molecular formula is C35H45N9O7S. The van der Waals surface area contributed by atoms with E-state index in [1.165, 1.54) is 45.8 Å². The Bertz CT molecular complexity index is 2190. The number of benzene rings is 2. The van der Waals surface area contributed by atoms with Crippen LogP contribution in [-0.4, -0.2) is 80.0 Å². The maximum absolute atomic E-state index is 14.1.